The highest BCUT2D eigenvalue weighted by atomic mass is 35.5. The fourth-order valence-corrected chi connectivity index (χ4v) is 3.91. The molecular formula is C19H37ClN2O. The SMILES string of the molecule is CC(C)CCN(CCC(C)C)C(=O)CC1CC2CCC(C1)N2.Cl. The minimum absolute atomic E-state index is 0. The Kier molecular flexibility index (Phi) is 8.92. The Hall–Kier alpha value is -0.280. The van der Waals surface area contributed by atoms with Gasteiger partial charge in [-0.05, 0) is 56.3 Å². The van der Waals surface area contributed by atoms with E-state index in [0.717, 1.165) is 32.4 Å². The lowest BCUT2D eigenvalue weighted by Gasteiger charge is -2.31. The van der Waals surface area contributed by atoms with Crippen LogP contribution >= 0.6 is 12.4 Å². The average molecular weight is 345 g/mol. The molecule has 136 valence electrons. The lowest BCUT2D eigenvalue weighted by molar-refractivity contribution is -0.132. The molecular weight excluding hydrogens is 308 g/mol. The van der Waals surface area contributed by atoms with Gasteiger partial charge in [-0.2, -0.15) is 0 Å². The van der Waals surface area contributed by atoms with Gasteiger partial charge < -0.3 is 10.2 Å². The Labute approximate surface area is 149 Å². The zero-order valence-electron chi connectivity index (χ0n) is 15.5. The van der Waals surface area contributed by atoms with E-state index in [-0.39, 0.29) is 12.4 Å². The monoisotopic (exact) mass is 344 g/mol. The van der Waals surface area contributed by atoms with E-state index in [1.165, 1.54) is 25.7 Å². The molecule has 2 fully saturated rings. The number of carbonyl (C=O) groups excluding carboxylic acids is 1. The molecule has 2 atom stereocenters. The van der Waals surface area contributed by atoms with Crippen LogP contribution in [0.25, 0.3) is 0 Å². The minimum atomic E-state index is 0. The number of rotatable bonds is 8. The molecule has 2 unspecified atom stereocenters. The van der Waals surface area contributed by atoms with Gasteiger partial charge in [0.2, 0.25) is 5.91 Å². The first-order valence-corrected chi connectivity index (χ1v) is 9.47. The first kappa shape index (κ1) is 20.8. The predicted molar refractivity (Wildman–Crippen MR) is 100 cm³/mol. The van der Waals surface area contributed by atoms with Gasteiger partial charge in [-0.3, -0.25) is 4.79 Å². The van der Waals surface area contributed by atoms with Gasteiger partial charge in [0, 0.05) is 31.6 Å². The molecule has 0 aromatic carbocycles. The van der Waals surface area contributed by atoms with Gasteiger partial charge in [0.05, 0.1) is 0 Å². The van der Waals surface area contributed by atoms with Crippen molar-refractivity contribution >= 4 is 18.3 Å². The minimum Gasteiger partial charge on any atom is -0.343 e. The second kappa shape index (κ2) is 9.88. The molecule has 3 nitrogen and oxygen atoms in total. The standard InChI is InChI=1S/C19H36N2O.ClH/c1-14(2)7-9-21(10-8-15(3)4)19(22)13-16-11-17-5-6-18(12-16)20-17;/h14-18,20H,5-13H2,1-4H3;1H. The number of nitrogens with one attached hydrogen (secondary N) is 1. The summed E-state index contributed by atoms with van der Waals surface area (Å²) in [4.78, 5) is 14.9. The van der Waals surface area contributed by atoms with E-state index in [0.29, 0.717) is 35.7 Å². The van der Waals surface area contributed by atoms with Crippen LogP contribution in [0.4, 0.5) is 0 Å². The number of amides is 1. The first-order chi connectivity index (χ1) is 10.4. The number of nitrogens with zero attached hydrogens (tertiary/aromatic N) is 1. The van der Waals surface area contributed by atoms with Crippen LogP contribution in [0.1, 0.15) is 72.6 Å². The third kappa shape index (κ3) is 7.01. The van der Waals surface area contributed by atoms with Crippen molar-refractivity contribution in [1.29, 1.82) is 0 Å². The topological polar surface area (TPSA) is 32.3 Å². The molecule has 2 aliphatic heterocycles. The van der Waals surface area contributed by atoms with Gasteiger partial charge in [-0.15, -0.1) is 12.4 Å². The third-order valence-corrected chi connectivity index (χ3v) is 5.34. The maximum Gasteiger partial charge on any atom is 0.222 e. The molecule has 0 saturated carbocycles. The zero-order chi connectivity index (χ0) is 16.1. The van der Waals surface area contributed by atoms with Crippen LogP contribution in [0.3, 0.4) is 0 Å². The number of hydrogen-bond acceptors (Lipinski definition) is 2. The normalized spacial score (nSPS) is 26.4. The van der Waals surface area contributed by atoms with Gasteiger partial charge in [0.15, 0.2) is 0 Å². The van der Waals surface area contributed by atoms with Crippen molar-refractivity contribution in [2.24, 2.45) is 17.8 Å². The largest absolute Gasteiger partial charge is 0.343 e. The van der Waals surface area contributed by atoms with Gasteiger partial charge in [0.25, 0.3) is 0 Å². The second-order valence-corrected chi connectivity index (χ2v) is 8.43. The van der Waals surface area contributed by atoms with Crippen molar-refractivity contribution < 1.29 is 4.79 Å². The van der Waals surface area contributed by atoms with E-state index < -0.39 is 0 Å². The average Bonchev–Trinajstić information content (AvgIpc) is 2.77. The van der Waals surface area contributed by atoms with Crippen molar-refractivity contribution in [3.05, 3.63) is 0 Å². The van der Waals surface area contributed by atoms with Crippen LogP contribution in [-0.2, 0) is 4.79 Å². The van der Waals surface area contributed by atoms with E-state index in [2.05, 4.69) is 37.9 Å². The summed E-state index contributed by atoms with van der Waals surface area (Å²) in [5.41, 5.74) is 0. The molecule has 23 heavy (non-hydrogen) atoms. The number of piperidine rings is 1. The lowest BCUT2D eigenvalue weighted by atomic mass is 9.89. The molecule has 2 heterocycles. The van der Waals surface area contributed by atoms with Crippen LogP contribution in [0.15, 0.2) is 0 Å². The molecule has 0 aliphatic carbocycles. The summed E-state index contributed by atoms with van der Waals surface area (Å²) in [6, 6.07) is 1.38. The highest BCUT2D eigenvalue weighted by Crippen LogP contribution is 2.33. The van der Waals surface area contributed by atoms with E-state index in [9.17, 15) is 4.79 Å². The van der Waals surface area contributed by atoms with Crippen molar-refractivity contribution in [1.82, 2.24) is 10.2 Å². The summed E-state index contributed by atoms with van der Waals surface area (Å²) in [7, 11) is 0. The molecule has 2 bridgehead atoms. The summed E-state index contributed by atoms with van der Waals surface area (Å²) in [6.07, 6.45) is 8.10. The van der Waals surface area contributed by atoms with Gasteiger partial charge in [0.1, 0.15) is 0 Å². The van der Waals surface area contributed by atoms with Crippen LogP contribution in [0, 0.1) is 17.8 Å². The quantitative estimate of drug-likeness (QED) is 0.713. The summed E-state index contributed by atoms with van der Waals surface area (Å²) >= 11 is 0. The second-order valence-electron chi connectivity index (χ2n) is 8.43. The predicted octanol–water partition coefficient (Wildman–Crippen LogP) is 4.25. The molecule has 1 amide bonds. The van der Waals surface area contributed by atoms with E-state index in [1.807, 2.05) is 0 Å². The Morgan fingerprint density at radius 3 is 1.91 bits per heavy atom. The molecule has 1 N–H and O–H groups in total. The van der Waals surface area contributed by atoms with E-state index in [1.54, 1.807) is 0 Å². The van der Waals surface area contributed by atoms with Crippen LogP contribution in [-0.4, -0.2) is 36.0 Å². The number of fused-ring (bicyclic) bond motifs is 2. The lowest BCUT2D eigenvalue weighted by Crippen LogP contribution is -2.41. The number of halogens is 1. The molecule has 0 aromatic heterocycles. The molecule has 0 aromatic rings. The van der Waals surface area contributed by atoms with Gasteiger partial charge in [-0.25, -0.2) is 0 Å². The third-order valence-electron chi connectivity index (χ3n) is 5.34. The zero-order valence-corrected chi connectivity index (χ0v) is 16.3. The molecule has 0 radical (unpaired) electrons. The Morgan fingerprint density at radius 1 is 1.00 bits per heavy atom. The summed E-state index contributed by atoms with van der Waals surface area (Å²) < 4.78 is 0. The Bertz CT molecular complexity index is 335. The maximum absolute atomic E-state index is 12.8. The summed E-state index contributed by atoms with van der Waals surface area (Å²) in [5, 5.41) is 3.68. The fourth-order valence-electron chi connectivity index (χ4n) is 3.91. The van der Waals surface area contributed by atoms with Crippen LogP contribution in [0.5, 0.6) is 0 Å². The van der Waals surface area contributed by atoms with Gasteiger partial charge >= 0.3 is 0 Å². The van der Waals surface area contributed by atoms with Crippen molar-refractivity contribution in [3.8, 4) is 0 Å². The van der Waals surface area contributed by atoms with Gasteiger partial charge in [-0.1, -0.05) is 27.7 Å². The fraction of sp³-hybridized carbons (Fsp3) is 0.947. The smallest absolute Gasteiger partial charge is 0.222 e. The highest BCUT2D eigenvalue weighted by Gasteiger charge is 2.34. The molecule has 2 rings (SSSR count). The Balaban J connectivity index is 0.00000264. The molecule has 2 aliphatic rings. The summed E-state index contributed by atoms with van der Waals surface area (Å²) in [6.45, 7) is 10.9. The molecule has 0 spiro atoms. The first-order valence-electron chi connectivity index (χ1n) is 9.47. The molecule has 4 heteroatoms. The van der Waals surface area contributed by atoms with Crippen molar-refractivity contribution in [3.63, 3.8) is 0 Å². The van der Waals surface area contributed by atoms with E-state index >= 15 is 0 Å². The van der Waals surface area contributed by atoms with Crippen LogP contribution in [0.2, 0.25) is 0 Å². The number of hydrogen-bond donors (Lipinski definition) is 1. The van der Waals surface area contributed by atoms with E-state index in [4.69, 9.17) is 0 Å². The molecule has 2 saturated heterocycles. The summed E-state index contributed by atoms with van der Waals surface area (Å²) in [5.74, 6) is 2.37. The van der Waals surface area contributed by atoms with Crippen LogP contribution < -0.4 is 5.32 Å². The maximum atomic E-state index is 12.8. The van der Waals surface area contributed by atoms with Crippen molar-refractivity contribution in [2.75, 3.05) is 13.1 Å². The Morgan fingerprint density at radius 2 is 1.48 bits per heavy atom. The highest BCUT2D eigenvalue weighted by molar-refractivity contribution is 5.85. The van der Waals surface area contributed by atoms with Crippen molar-refractivity contribution in [2.45, 2.75) is 84.7 Å². The number of carbonyl (C=O) groups is 1.